The number of hydrogen-bond donors (Lipinski definition) is 3. The first kappa shape index (κ1) is 18.8. The molecule has 0 spiro atoms. The molecule has 1 aromatic heterocycles. The van der Waals surface area contributed by atoms with Gasteiger partial charge in [-0.15, -0.1) is 11.3 Å². The van der Waals surface area contributed by atoms with Gasteiger partial charge in [0.05, 0.1) is 17.5 Å². The summed E-state index contributed by atoms with van der Waals surface area (Å²) in [5, 5.41) is 14.6. The number of aliphatic carboxylic acids is 1. The van der Waals surface area contributed by atoms with Gasteiger partial charge in [-0.2, -0.15) is 0 Å². The number of thiophene rings is 1. The van der Waals surface area contributed by atoms with Crippen LogP contribution in [-0.2, 0) is 27.3 Å². The fourth-order valence-corrected chi connectivity index (χ4v) is 4.28. The van der Waals surface area contributed by atoms with Crippen LogP contribution in [0, 0.1) is 0 Å². The average molecular weight is 381 g/mol. The summed E-state index contributed by atoms with van der Waals surface area (Å²) >= 11 is 1.50. The molecular weight excluding hydrogens is 358 g/mol. The van der Waals surface area contributed by atoms with Crippen LogP contribution >= 0.6 is 11.3 Å². The summed E-state index contributed by atoms with van der Waals surface area (Å²) in [6, 6.07) is 1.90. The van der Waals surface area contributed by atoms with Crippen molar-refractivity contribution in [2.45, 2.75) is 31.9 Å². The largest absolute Gasteiger partial charge is 0.480 e. The Hall–Kier alpha value is -1.97. The molecule has 2 amide bonds. The SMILES string of the molecule is O=C(O)COC1CCN(C(=O)CNC(=O)c2cc3c(s2)CCNC3)CC1. The molecule has 1 aromatic rings. The van der Waals surface area contributed by atoms with E-state index in [4.69, 9.17) is 9.84 Å². The molecule has 9 heteroatoms. The summed E-state index contributed by atoms with van der Waals surface area (Å²) < 4.78 is 5.26. The Bertz CT molecular complexity index is 658. The summed E-state index contributed by atoms with van der Waals surface area (Å²) in [5.41, 5.74) is 1.17. The van der Waals surface area contributed by atoms with Crippen LogP contribution in [-0.4, -0.2) is 66.7 Å². The Morgan fingerprint density at radius 1 is 1.35 bits per heavy atom. The highest BCUT2D eigenvalue weighted by atomic mass is 32.1. The van der Waals surface area contributed by atoms with Crippen molar-refractivity contribution in [2.75, 3.05) is 32.8 Å². The zero-order chi connectivity index (χ0) is 18.5. The number of carbonyl (C=O) groups excluding carboxylic acids is 2. The van der Waals surface area contributed by atoms with Gasteiger partial charge in [0.25, 0.3) is 5.91 Å². The van der Waals surface area contributed by atoms with E-state index in [1.807, 2.05) is 6.07 Å². The van der Waals surface area contributed by atoms with Gasteiger partial charge in [-0.3, -0.25) is 9.59 Å². The number of ether oxygens (including phenoxy) is 1. The zero-order valence-corrected chi connectivity index (χ0v) is 15.3. The van der Waals surface area contributed by atoms with Gasteiger partial charge in [-0.25, -0.2) is 4.79 Å². The third-order valence-corrected chi connectivity index (χ3v) is 5.84. The predicted molar refractivity (Wildman–Crippen MR) is 95.3 cm³/mol. The van der Waals surface area contributed by atoms with E-state index in [2.05, 4.69) is 10.6 Å². The minimum Gasteiger partial charge on any atom is -0.480 e. The summed E-state index contributed by atoms with van der Waals surface area (Å²) in [7, 11) is 0. The van der Waals surface area contributed by atoms with Crippen LogP contribution in [0.3, 0.4) is 0 Å². The monoisotopic (exact) mass is 381 g/mol. The van der Waals surface area contributed by atoms with Crippen LogP contribution in [0.4, 0.5) is 0 Å². The van der Waals surface area contributed by atoms with Gasteiger partial charge in [0, 0.05) is 31.1 Å². The Kier molecular flexibility index (Phi) is 6.23. The number of carboxylic acids is 1. The summed E-state index contributed by atoms with van der Waals surface area (Å²) in [4.78, 5) is 38.6. The van der Waals surface area contributed by atoms with Crippen molar-refractivity contribution < 1.29 is 24.2 Å². The molecule has 0 unspecified atom stereocenters. The van der Waals surface area contributed by atoms with Crippen LogP contribution in [0.25, 0.3) is 0 Å². The third kappa shape index (κ3) is 4.80. The first-order chi connectivity index (χ1) is 12.5. The van der Waals surface area contributed by atoms with Crippen LogP contribution in [0.2, 0.25) is 0 Å². The lowest BCUT2D eigenvalue weighted by Gasteiger charge is -2.31. The fraction of sp³-hybridized carbons (Fsp3) is 0.588. The van der Waals surface area contributed by atoms with Crippen LogP contribution in [0.5, 0.6) is 0 Å². The highest BCUT2D eigenvalue weighted by Crippen LogP contribution is 2.25. The smallest absolute Gasteiger partial charge is 0.329 e. The molecule has 0 aromatic carbocycles. The van der Waals surface area contributed by atoms with Crippen molar-refractivity contribution in [2.24, 2.45) is 0 Å². The van der Waals surface area contributed by atoms with Gasteiger partial charge in [-0.05, 0) is 30.9 Å². The minimum absolute atomic E-state index is 0.0275. The maximum atomic E-state index is 12.3. The second kappa shape index (κ2) is 8.61. The van der Waals surface area contributed by atoms with Crippen LogP contribution in [0.15, 0.2) is 6.07 Å². The number of fused-ring (bicyclic) bond motifs is 1. The summed E-state index contributed by atoms with van der Waals surface area (Å²) in [5.74, 6) is -1.33. The van der Waals surface area contributed by atoms with Crippen molar-refractivity contribution in [1.29, 1.82) is 0 Å². The van der Waals surface area contributed by atoms with E-state index in [0.717, 1.165) is 19.5 Å². The standard InChI is InChI=1S/C17H23N3O5S/c21-15(20-5-2-12(3-6-20)25-10-16(22)23)9-19-17(24)14-7-11-8-18-4-1-13(11)26-14/h7,12,18H,1-6,8-10H2,(H,19,24)(H,22,23). The molecule has 1 fully saturated rings. The second-order valence-electron chi connectivity index (χ2n) is 6.45. The quantitative estimate of drug-likeness (QED) is 0.650. The highest BCUT2D eigenvalue weighted by Gasteiger charge is 2.24. The molecule has 0 bridgehead atoms. The van der Waals surface area contributed by atoms with E-state index in [1.165, 1.54) is 21.8 Å². The molecular formula is C17H23N3O5S. The minimum atomic E-state index is -0.989. The molecule has 0 radical (unpaired) electrons. The van der Waals surface area contributed by atoms with E-state index in [9.17, 15) is 14.4 Å². The second-order valence-corrected chi connectivity index (χ2v) is 7.59. The first-order valence-electron chi connectivity index (χ1n) is 8.74. The van der Waals surface area contributed by atoms with Gasteiger partial charge in [0.15, 0.2) is 0 Å². The molecule has 0 aliphatic carbocycles. The molecule has 3 N–H and O–H groups in total. The number of carbonyl (C=O) groups is 3. The molecule has 8 nitrogen and oxygen atoms in total. The van der Waals surface area contributed by atoms with Crippen molar-refractivity contribution in [1.82, 2.24) is 15.5 Å². The number of carboxylic acid groups (broad SMARTS) is 1. The van der Waals surface area contributed by atoms with Crippen molar-refractivity contribution in [3.05, 3.63) is 21.4 Å². The predicted octanol–water partition coefficient (Wildman–Crippen LogP) is 0.216. The van der Waals surface area contributed by atoms with E-state index >= 15 is 0 Å². The lowest BCUT2D eigenvalue weighted by Crippen LogP contribution is -2.45. The molecule has 26 heavy (non-hydrogen) atoms. The molecule has 2 aliphatic rings. The highest BCUT2D eigenvalue weighted by molar-refractivity contribution is 7.14. The van der Waals surface area contributed by atoms with Gasteiger partial charge < -0.3 is 25.4 Å². The Balaban J connectivity index is 1.42. The van der Waals surface area contributed by atoms with Crippen LogP contribution < -0.4 is 10.6 Å². The molecule has 1 saturated heterocycles. The molecule has 3 rings (SSSR count). The number of piperidine rings is 1. The summed E-state index contributed by atoms with van der Waals surface area (Å²) in [6.45, 7) is 2.40. The van der Waals surface area contributed by atoms with Gasteiger partial charge in [0.2, 0.25) is 5.91 Å². The van der Waals surface area contributed by atoms with Gasteiger partial charge in [-0.1, -0.05) is 0 Å². The van der Waals surface area contributed by atoms with Crippen molar-refractivity contribution in [3.8, 4) is 0 Å². The van der Waals surface area contributed by atoms with E-state index < -0.39 is 5.97 Å². The number of nitrogens with one attached hydrogen (secondary N) is 2. The van der Waals surface area contributed by atoms with Gasteiger partial charge >= 0.3 is 5.97 Å². The zero-order valence-electron chi connectivity index (χ0n) is 14.5. The lowest BCUT2D eigenvalue weighted by atomic mass is 10.1. The Morgan fingerprint density at radius 3 is 2.81 bits per heavy atom. The van der Waals surface area contributed by atoms with Crippen molar-refractivity contribution in [3.63, 3.8) is 0 Å². The van der Waals surface area contributed by atoms with Crippen LogP contribution in [0.1, 0.15) is 33.0 Å². The number of hydrogen-bond acceptors (Lipinski definition) is 6. The number of nitrogens with zero attached hydrogens (tertiary/aromatic N) is 1. The van der Waals surface area contributed by atoms with E-state index in [1.54, 1.807) is 4.90 Å². The Morgan fingerprint density at radius 2 is 2.12 bits per heavy atom. The third-order valence-electron chi connectivity index (χ3n) is 4.60. The maximum absolute atomic E-state index is 12.3. The topological polar surface area (TPSA) is 108 Å². The van der Waals surface area contributed by atoms with E-state index in [-0.39, 0.29) is 31.1 Å². The molecule has 3 heterocycles. The van der Waals surface area contributed by atoms with Gasteiger partial charge in [0.1, 0.15) is 6.61 Å². The molecule has 142 valence electrons. The molecule has 0 saturated carbocycles. The molecule has 0 atom stereocenters. The van der Waals surface area contributed by atoms with Crippen molar-refractivity contribution >= 4 is 29.1 Å². The number of likely N-dealkylation sites (tertiary alicyclic amines) is 1. The fourth-order valence-electron chi connectivity index (χ4n) is 3.18. The lowest BCUT2D eigenvalue weighted by molar-refractivity contribution is -0.146. The van der Waals surface area contributed by atoms with E-state index in [0.29, 0.717) is 30.8 Å². The maximum Gasteiger partial charge on any atom is 0.329 e. The number of rotatable bonds is 6. The normalized spacial score (nSPS) is 17.6. The molecule has 2 aliphatic heterocycles. The first-order valence-corrected chi connectivity index (χ1v) is 9.56. The average Bonchev–Trinajstić information content (AvgIpc) is 3.09. The summed E-state index contributed by atoms with van der Waals surface area (Å²) in [6.07, 6.45) is 2.02. The number of amides is 2. The Labute approximate surface area is 155 Å².